The predicted molar refractivity (Wildman–Crippen MR) is 414 cm³/mol. The van der Waals surface area contributed by atoms with E-state index in [1.165, 1.54) is 250 Å². The molecule has 0 radical (unpaired) electrons. The first-order valence-corrected chi connectivity index (χ1v) is 45.5. The van der Waals surface area contributed by atoms with Crippen LogP contribution >= 0.6 is 15.6 Å². The summed E-state index contributed by atoms with van der Waals surface area (Å²) in [5, 5.41) is 10.6. The van der Waals surface area contributed by atoms with Crippen LogP contribution in [0, 0.1) is 11.8 Å². The van der Waals surface area contributed by atoms with Crippen LogP contribution in [0.2, 0.25) is 0 Å². The Labute approximate surface area is 619 Å². The molecule has 0 heterocycles. The molecule has 0 saturated heterocycles. The fraction of sp³-hybridized carbons (Fsp3) is 0.951. The lowest BCUT2D eigenvalue weighted by molar-refractivity contribution is -0.161. The van der Waals surface area contributed by atoms with Gasteiger partial charge < -0.3 is 33.8 Å². The third-order valence-electron chi connectivity index (χ3n) is 19.2. The minimum atomic E-state index is -4.96. The van der Waals surface area contributed by atoms with E-state index in [1.807, 2.05) is 0 Å². The van der Waals surface area contributed by atoms with Crippen molar-refractivity contribution in [1.82, 2.24) is 0 Å². The Morgan fingerprint density at radius 2 is 0.455 bits per heavy atom. The molecule has 0 saturated carbocycles. The van der Waals surface area contributed by atoms with Gasteiger partial charge in [-0.1, -0.05) is 382 Å². The van der Waals surface area contributed by atoms with Gasteiger partial charge in [-0.05, 0) is 37.5 Å². The van der Waals surface area contributed by atoms with Gasteiger partial charge in [0.15, 0.2) is 12.2 Å². The Hall–Kier alpha value is -1.94. The fourth-order valence-electron chi connectivity index (χ4n) is 12.7. The van der Waals surface area contributed by atoms with Crippen molar-refractivity contribution in [1.29, 1.82) is 0 Å². The van der Waals surface area contributed by atoms with Crippen molar-refractivity contribution in [2.24, 2.45) is 11.8 Å². The molecule has 0 rings (SSSR count). The van der Waals surface area contributed by atoms with Gasteiger partial charge >= 0.3 is 39.5 Å². The van der Waals surface area contributed by atoms with E-state index in [-0.39, 0.29) is 25.7 Å². The summed E-state index contributed by atoms with van der Waals surface area (Å²) >= 11 is 0. The maximum atomic E-state index is 13.1. The number of aliphatic hydroxyl groups excluding tert-OH is 1. The number of aliphatic hydroxyl groups is 1. The molecule has 2 unspecified atom stereocenters. The predicted octanol–water partition coefficient (Wildman–Crippen LogP) is 24.7. The van der Waals surface area contributed by atoms with Crippen LogP contribution in [0.4, 0.5) is 0 Å². The maximum absolute atomic E-state index is 13.1. The second kappa shape index (κ2) is 73.6. The number of rotatable bonds is 81. The zero-order chi connectivity index (χ0) is 74.2. The Morgan fingerprint density at radius 1 is 0.267 bits per heavy atom. The van der Waals surface area contributed by atoms with Gasteiger partial charge in [0.1, 0.15) is 19.3 Å². The molecular formula is C82H160O17P2. The second-order valence-corrected chi connectivity index (χ2v) is 33.4. The number of hydrogen-bond acceptors (Lipinski definition) is 15. The quantitative estimate of drug-likeness (QED) is 0.0222. The normalized spacial score (nSPS) is 13.9. The molecule has 0 aromatic rings. The van der Waals surface area contributed by atoms with Crippen LogP contribution in [0.25, 0.3) is 0 Å². The minimum Gasteiger partial charge on any atom is -0.462 e. The average Bonchev–Trinajstić information content (AvgIpc) is 0.932. The minimum absolute atomic E-state index is 0.107. The van der Waals surface area contributed by atoms with Crippen molar-refractivity contribution in [2.75, 3.05) is 39.6 Å². The van der Waals surface area contributed by atoms with E-state index in [9.17, 15) is 43.2 Å². The first-order valence-electron chi connectivity index (χ1n) is 42.5. The molecule has 0 spiro atoms. The number of unbranched alkanes of at least 4 members (excludes halogenated alkanes) is 51. The summed E-state index contributed by atoms with van der Waals surface area (Å²) in [6.07, 6.45) is 63.9. The third-order valence-corrected chi connectivity index (χ3v) is 21.1. The Bertz CT molecular complexity index is 1940. The SMILES string of the molecule is CCCCCCCCCCCCCCCCCCCCCCCC(=O)O[C@H](COC(=O)CCCCCCCCCCCCCCCCC(C)C)COP(=O)(O)OC[C@@H](O)COP(=O)(O)OC[C@@H](COC(=O)CCCCCCCCCCC(C)C)OC(=O)CCCCCCCCCCCCCC. The molecule has 17 nitrogen and oxygen atoms in total. The molecule has 0 aromatic heterocycles. The average molecular weight is 1480 g/mol. The van der Waals surface area contributed by atoms with Crippen molar-refractivity contribution in [3.05, 3.63) is 0 Å². The van der Waals surface area contributed by atoms with Crippen molar-refractivity contribution in [2.45, 2.75) is 452 Å². The number of phosphoric acid groups is 2. The van der Waals surface area contributed by atoms with Crippen molar-refractivity contribution >= 4 is 39.5 Å². The standard InChI is InChI=1S/C82H160O17P2/c1-7-9-11-13-15-17-19-21-22-23-24-25-26-27-28-33-37-41-49-55-61-67-82(87)98-77(70-92-79(84)64-58-52-46-39-36-32-30-29-31-34-38-44-50-56-62-74(3)4)72-96-100(88,89)94-68-76(83)69-95-101(90,91)97-73-78(71-93-80(85)65-59-53-47-43-42-45-51-57-63-75(5)6)99-81(86)66-60-54-48-40-35-20-18-16-14-12-10-8-2/h74-78,83H,7-73H2,1-6H3,(H,88,89)(H,90,91)/t76-,77-,78-/m1/s1. The number of phosphoric ester groups is 2. The molecule has 101 heavy (non-hydrogen) atoms. The lowest BCUT2D eigenvalue weighted by Gasteiger charge is -2.21. The highest BCUT2D eigenvalue weighted by molar-refractivity contribution is 7.47. The molecule has 600 valence electrons. The maximum Gasteiger partial charge on any atom is 0.472 e. The van der Waals surface area contributed by atoms with Crippen molar-refractivity contribution in [3.8, 4) is 0 Å². The Balaban J connectivity index is 5.22. The number of ether oxygens (including phenoxy) is 4. The summed E-state index contributed by atoms with van der Waals surface area (Å²) in [5.74, 6) is -0.582. The first-order chi connectivity index (χ1) is 48.9. The lowest BCUT2D eigenvalue weighted by atomic mass is 10.0. The van der Waals surface area contributed by atoms with Gasteiger partial charge in [-0.2, -0.15) is 0 Å². The Kier molecular flexibility index (Phi) is 72.2. The topological polar surface area (TPSA) is 237 Å². The molecule has 19 heteroatoms. The fourth-order valence-corrected chi connectivity index (χ4v) is 14.3. The monoisotopic (exact) mass is 1480 g/mol. The van der Waals surface area contributed by atoms with Crippen LogP contribution in [0.1, 0.15) is 433 Å². The van der Waals surface area contributed by atoms with Gasteiger partial charge in [0.25, 0.3) is 0 Å². The molecule has 0 bridgehead atoms. The van der Waals surface area contributed by atoms with E-state index >= 15 is 0 Å². The summed E-state index contributed by atoms with van der Waals surface area (Å²) in [7, 11) is -9.92. The van der Waals surface area contributed by atoms with Crippen LogP contribution in [0.15, 0.2) is 0 Å². The summed E-state index contributed by atoms with van der Waals surface area (Å²) in [6.45, 7) is 9.63. The highest BCUT2D eigenvalue weighted by Crippen LogP contribution is 2.45. The van der Waals surface area contributed by atoms with Crippen LogP contribution in [-0.4, -0.2) is 96.7 Å². The summed E-state index contributed by atoms with van der Waals surface area (Å²) in [5.41, 5.74) is 0. The molecule has 0 aliphatic carbocycles. The highest BCUT2D eigenvalue weighted by atomic mass is 31.2. The van der Waals surface area contributed by atoms with E-state index in [0.29, 0.717) is 25.7 Å². The summed E-state index contributed by atoms with van der Waals surface area (Å²) < 4.78 is 68.7. The zero-order valence-electron chi connectivity index (χ0n) is 66.2. The zero-order valence-corrected chi connectivity index (χ0v) is 68.0. The van der Waals surface area contributed by atoms with Crippen molar-refractivity contribution < 1.29 is 80.2 Å². The summed E-state index contributed by atoms with van der Waals surface area (Å²) in [4.78, 5) is 73.0. The lowest BCUT2D eigenvalue weighted by Crippen LogP contribution is -2.30. The van der Waals surface area contributed by atoms with E-state index < -0.39 is 97.5 Å². The van der Waals surface area contributed by atoms with Gasteiger partial charge in [0, 0.05) is 25.7 Å². The van der Waals surface area contributed by atoms with Crippen LogP contribution in [0.5, 0.6) is 0 Å². The van der Waals surface area contributed by atoms with Crippen LogP contribution in [0.3, 0.4) is 0 Å². The molecule has 0 fully saturated rings. The van der Waals surface area contributed by atoms with Gasteiger partial charge in [-0.3, -0.25) is 37.3 Å². The Morgan fingerprint density at radius 3 is 0.673 bits per heavy atom. The van der Waals surface area contributed by atoms with E-state index in [2.05, 4.69) is 41.5 Å². The van der Waals surface area contributed by atoms with E-state index in [1.54, 1.807) is 0 Å². The number of carbonyl (C=O) groups excluding carboxylic acids is 4. The number of hydrogen-bond donors (Lipinski definition) is 3. The molecule has 0 aliphatic rings. The smallest absolute Gasteiger partial charge is 0.462 e. The third kappa shape index (κ3) is 76.1. The van der Waals surface area contributed by atoms with Gasteiger partial charge in [0.05, 0.1) is 26.4 Å². The molecule has 5 atom stereocenters. The van der Waals surface area contributed by atoms with Crippen LogP contribution in [-0.2, 0) is 65.4 Å². The molecular weight excluding hydrogens is 1320 g/mol. The largest absolute Gasteiger partial charge is 0.472 e. The number of carbonyl (C=O) groups is 4. The first kappa shape index (κ1) is 99.1. The number of esters is 4. The van der Waals surface area contributed by atoms with Gasteiger partial charge in [0.2, 0.25) is 0 Å². The van der Waals surface area contributed by atoms with Crippen molar-refractivity contribution in [3.63, 3.8) is 0 Å². The molecule has 3 N–H and O–H groups in total. The van der Waals surface area contributed by atoms with Gasteiger partial charge in [-0.25, -0.2) is 9.13 Å². The van der Waals surface area contributed by atoms with Crippen LogP contribution < -0.4 is 0 Å². The summed E-state index contributed by atoms with van der Waals surface area (Å²) in [6, 6.07) is 0. The molecule has 0 amide bonds. The highest BCUT2D eigenvalue weighted by Gasteiger charge is 2.30. The molecule has 0 aliphatic heterocycles. The van der Waals surface area contributed by atoms with E-state index in [0.717, 1.165) is 102 Å². The molecule has 0 aromatic carbocycles. The van der Waals surface area contributed by atoms with Gasteiger partial charge in [-0.15, -0.1) is 0 Å². The second-order valence-electron chi connectivity index (χ2n) is 30.5. The van der Waals surface area contributed by atoms with E-state index in [4.69, 9.17) is 37.0 Å².